The van der Waals surface area contributed by atoms with Crippen molar-refractivity contribution in [3.63, 3.8) is 0 Å². The van der Waals surface area contributed by atoms with Gasteiger partial charge in [0.1, 0.15) is 0 Å². The first-order valence-electron chi connectivity index (χ1n) is 36.7. The summed E-state index contributed by atoms with van der Waals surface area (Å²) in [4.78, 5) is 40.0. The average molecular weight is 2380 g/mol. The van der Waals surface area contributed by atoms with Crippen LogP contribution in [0.3, 0.4) is 0 Å². The fourth-order valence-corrected chi connectivity index (χ4v) is 10.3. The zero-order valence-electron chi connectivity index (χ0n) is 72.9. The maximum absolute atomic E-state index is 12.6. The van der Waals surface area contributed by atoms with Gasteiger partial charge >= 0.3 is 154 Å². The average Bonchev–Trinajstić information content (AvgIpc) is 0.844. The number of hydrogen-bond donors (Lipinski definition) is 10. The Bertz CT molecular complexity index is 3790. The molecular formula is C82H110ClGd3Mn2N10O33. The fourth-order valence-electron chi connectivity index (χ4n) is 10.3. The Morgan fingerprint density at radius 1 is 0.313 bits per heavy atom. The molecule has 0 bridgehead atoms. The SMILES string of the molecule is CO.CO.CO.CO.CO.CO.Cc1cc(C=Nc2ccccc2[O-])c([O-])c(CN(CC[O-])CCO)c1.Cc1cc(C=Nc2ccccc2[O-])c([O-])c(CN(CC[O-])CCO)c1.Cc1cc(C=Nc2ccccc2[O-])c([O-])c(CN(CC[O-])CCO)c1.Cc1cc(C=Nc2ccccc2[O-])c([O-])c(CN(CC[O-])CCO)c1.O.O=[N+]([O-])[O-].O=[N+]([O-])[O-].[Gd+3].[Gd+3].[Gd+3].[Mn+3].[Mn+3].[O-][Cl+3]([O-])([O-])[O-]. The zero-order chi connectivity index (χ0) is 96.6. The topological polar surface area (TPSA) is 798 Å². The standard InChI is InChI=1S/4C19H23N2O4.6CH4O.ClHO4.3Gd.2Mn.2NO3.H2O/c4*1-14-10-15(12-20-17-4-2-3-5-18(17)24)19(25)16(11-14)13-21(6-8-22)7-9-23;6*1-2;2-1(3,4)5;;;;;;2*2-1(3)4;/h4*2-5,10-12,22,24-25H,6-9,13H2,1H3;6*2H,1H3;(H,2,3,4,5);;;;;;;;1H2/q4*-1;;;;;;;;5*+3;2*-1;/p-9. The molecule has 0 amide bonds. The Morgan fingerprint density at radius 3 is 0.588 bits per heavy atom. The molecule has 49 heteroatoms. The maximum Gasteiger partial charge on any atom is 3.00 e. The predicted octanol–water partition coefficient (Wildman–Crippen LogP) is -8.22. The van der Waals surface area contributed by atoms with E-state index in [0.29, 0.717) is 96.9 Å². The molecule has 12 N–H and O–H groups in total. The number of nitrogens with zero attached hydrogens (tertiary/aromatic N) is 10. The monoisotopic (exact) mass is 2380 g/mol. The van der Waals surface area contributed by atoms with Crippen LogP contribution in [0.25, 0.3) is 0 Å². The summed E-state index contributed by atoms with van der Waals surface area (Å²) < 4.78 is 34.0. The largest absolute Gasteiger partial charge is 3.00 e. The first-order valence-corrected chi connectivity index (χ1v) is 37.9. The molecule has 131 heavy (non-hydrogen) atoms. The Hall–Kier alpha value is -6.38. The van der Waals surface area contributed by atoms with E-state index in [-0.39, 0.29) is 307 Å². The number of aryl methyl sites for hydroxylation is 4. The third kappa shape index (κ3) is 70.0. The van der Waals surface area contributed by atoms with E-state index in [9.17, 15) is 61.3 Å². The molecule has 0 fully saturated rings. The van der Waals surface area contributed by atoms with Crippen LogP contribution in [0.4, 0.5) is 22.7 Å². The second kappa shape index (κ2) is 92.7. The van der Waals surface area contributed by atoms with Crippen molar-refractivity contribution in [2.75, 3.05) is 148 Å². The Kier molecular flexibility index (Phi) is 104. The van der Waals surface area contributed by atoms with Gasteiger partial charge in [0.2, 0.25) is 0 Å². The number of benzene rings is 8. The van der Waals surface area contributed by atoms with Gasteiger partial charge < -0.3 is 148 Å². The zero-order valence-corrected chi connectivity index (χ0v) is 82.9. The van der Waals surface area contributed by atoms with Crippen LogP contribution in [-0.4, -0.2) is 259 Å². The Morgan fingerprint density at radius 2 is 0.458 bits per heavy atom. The van der Waals surface area contributed by atoms with Crippen molar-refractivity contribution in [2.24, 2.45) is 20.0 Å². The van der Waals surface area contributed by atoms with Crippen LogP contribution in [0.15, 0.2) is 166 Å². The van der Waals surface area contributed by atoms with E-state index >= 15 is 0 Å². The van der Waals surface area contributed by atoms with Crippen molar-refractivity contribution >= 4 is 47.6 Å². The van der Waals surface area contributed by atoms with Crippen LogP contribution < -0.4 is 79.9 Å². The molecule has 0 aromatic heterocycles. The van der Waals surface area contributed by atoms with Gasteiger partial charge in [-0.15, -0.1) is 36.7 Å². The molecule has 0 atom stereocenters. The molecular weight excluding hydrogens is 2270 g/mol. The summed E-state index contributed by atoms with van der Waals surface area (Å²) in [7, 11) is 1.06. The summed E-state index contributed by atoms with van der Waals surface area (Å²) in [6.07, 6.45) is 5.61. The molecule has 0 aliphatic carbocycles. The third-order valence-corrected chi connectivity index (χ3v) is 15.1. The Labute approximate surface area is 879 Å². The van der Waals surface area contributed by atoms with Crippen molar-refractivity contribution in [1.82, 2.24) is 19.6 Å². The second-order valence-corrected chi connectivity index (χ2v) is 24.7. The van der Waals surface area contributed by atoms with Crippen LogP contribution in [-0.2, 0) is 60.3 Å². The molecule has 8 aromatic rings. The summed E-state index contributed by atoms with van der Waals surface area (Å²) in [5.74, 6) is -1.57. The van der Waals surface area contributed by atoms with Gasteiger partial charge in [-0.25, -0.2) is 18.6 Å². The van der Waals surface area contributed by atoms with Gasteiger partial charge in [0.05, 0.1) is 59.4 Å². The number of aliphatic imine (C=N–C) groups is 4. The van der Waals surface area contributed by atoms with Crippen LogP contribution in [0.5, 0.6) is 46.0 Å². The fraction of sp³-hybridized carbons (Fsp3) is 0.366. The molecule has 0 aliphatic heterocycles. The smallest absolute Gasteiger partial charge is 0.872 e. The van der Waals surface area contributed by atoms with E-state index in [2.05, 4.69) is 20.0 Å². The summed E-state index contributed by atoms with van der Waals surface area (Å²) in [5, 5.41) is 249. The van der Waals surface area contributed by atoms with Crippen molar-refractivity contribution in [3.05, 3.63) is 243 Å². The third-order valence-electron chi connectivity index (χ3n) is 15.1. The molecule has 8 rings (SSSR count). The number of aliphatic hydroxyl groups excluding tert-OH is 10. The molecule has 3 radical (unpaired) electrons. The normalized spacial score (nSPS) is 9.89. The summed E-state index contributed by atoms with van der Waals surface area (Å²) in [6.45, 7) is 9.56. The minimum Gasteiger partial charge on any atom is -0.872 e. The molecule has 731 valence electrons. The summed E-state index contributed by atoms with van der Waals surface area (Å²) in [5.41, 5.74) is 8.38. The molecule has 0 heterocycles. The van der Waals surface area contributed by atoms with Crippen LogP contribution in [0.1, 0.15) is 66.8 Å². The van der Waals surface area contributed by atoms with Gasteiger partial charge in [0.15, 0.2) is 0 Å². The van der Waals surface area contributed by atoms with Gasteiger partial charge in [-0.3, -0.25) is 39.6 Å². The van der Waals surface area contributed by atoms with Gasteiger partial charge in [0.25, 0.3) is 0 Å². The van der Waals surface area contributed by atoms with E-state index in [4.69, 9.17) is 100 Å². The maximum atomic E-state index is 12.6. The van der Waals surface area contributed by atoms with Crippen LogP contribution >= 0.6 is 0 Å². The molecule has 0 saturated carbocycles. The molecule has 0 unspecified atom stereocenters. The van der Waals surface area contributed by atoms with E-state index in [0.717, 1.165) is 64.9 Å². The van der Waals surface area contributed by atoms with Crippen molar-refractivity contribution < 1.29 is 311 Å². The first-order chi connectivity index (χ1) is 59.6. The van der Waals surface area contributed by atoms with Crippen LogP contribution in [0, 0.1) is 188 Å². The predicted molar refractivity (Wildman–Crippen MR) is 437 cm³/mol. The number of aliphatic hydroxyl groups is 10. The molecule has 0 aliphatic rings. The molecule has 0 saturated heterocycles. The number of rotatable bonds is 32. The summed E-state index contributed by atoms with van der Waals surface area (Å²) in [6, 6.07) is 39.4. The van der Waals surface area contributed by atoms with Crippen molar-refractivity contribution in [3.8, 4) is 46.0 Å². The van der Waals surface area contributed by atoms with Gasteiger partial charge in [0, 0.05) is 120 Å². The second-order valence-electron chi connectivity index (χ2n) is 23.9. The van der Waals surface area contributed by atoms with Crippen molar-refractivity contribution in [1.29, 1.82) is 0 Å². The summed E-state index contributed by atoms with van der Waals surface area (Å²) >= 11 is 0. The van der Waals surface area contributed by atoms with E-state index in [1.165, 1.54) is 49.1 Å². The van der Waals surface area contributed by atoms with Gasteiger partial charge in [-0.05, 0) is 123 Å². The molecule has 8 aromatic carbocycles. The first kappa shape index (κ1) is 148. The van der Waals surface area contributed by atoms with E-state index in [1.54, 1.807) is 141 Å². The van der Waals surface area contributed by atoms with E-state index in [1.807, 2.05) is 27.7 Å². The number of para-hydroxylation sites is 8. The minimum atomic E-state index is -4.94. The number of hydrogen-bond acceptors (Lipinski definition) is 40. The minimum absolute atomic E-state index is 0. The Balaban J connectivity index is -0.000000148. The van der Waals surface area contributed by atoms with Crippen molar-refractivity contribution in [2.45, 2.75) is 53.9 Å². The van der Waals surface area contributed by atoms with Gasteiger partial charge in [-0.2, -0.15) is 0 Å². The molecule has 0 spiro atoms. The van der Waals surface area contributed by atoms with Gasteiger partial charge in [-0.1, -0.05) is 190 Å². The van der Waals surface area contributed by atoms with Crippen LogP contribution in [0.2, 0.25) is 0 Å². The van der Waals surface area contributed by atoms with E-state index < -0.39 is 20.4 Å². The molecule has 43 nitrogen and oxygen atoms in total. The quantitative estimate of drug-likeness (QED) is 0.00810. The number of halogens is 1.